The van der Waals surface area contributed by atoms with Crippen LogP contribution >= 0.6 is 23.2 Å². The molecule has 0 saturated carbocycles. The van der Waals surface area contributed by atoms with Gasteiger partial charge >= 0.3 is 0 Å². The largest absolute Gasteiger partial charge is 0.495 e. The fourth-order valence-corrected chi connectivity index (χ4v) is 4.84. The topological polar surface area (TPSA) is 118 Å². The first-order valence-electron chi connectivity index (χ1n) is 12.9. The molecule has 1 aromatic heterocycles. The Morgan fingerprint density at radius 1 is 1.10 bits per heavy atom. The van der Waals surface area contributed by atoms with Crippen molar-refractivity contribution >= 4 is 46.7 Å². The Kier molecular flexibility index (Phi) is 9.67. The van der Waals surface area contributed by atoms with Crippen LogP contribution in [0, 0.1) is 0 Å². The number of carbonyl (C=O) groups excluding carboxylic acids is 2. The van der Waals surface area contributed by atoms with Crippen LogP contribution < -0.4 is 25.4 Å². The normalized spacial score (nSPS) is 13.9. The lowest BCUT2D eigenvalue weighted by atomic mass is 10.0. The molecule has 12 heteroatoms. The summed E-state index contributed by atoms with van der Waals surface area (Å²) in [5.41, 5.74) is 1.97. The van der Waals surface area contributed by atoms with Crippen LogP contribution in [0.15, 0.2) is 36.5 Å². The summed E-state index contributed by atoms with van der Waals surface area (Å²) >= 11 is 12.9. The maximum absolute atomic E-state index is 13.0. The smallest absolute Gasteiger partial charge is 0.255 e. The summed E-state index contributed by atoms with van der Waals surface area (Å²) in [6.07, 6.45) is 3.77. The van der Waals surface area contributed by atoms with Gasteiger partial charge in [-0.2, -0.15) is 4.98 Å². The number of benzene rings is 2. The number of halogens is 2. The third kappa shape index (κ3) is 6.75. The van der Waals surface area contributed by atoms with Crippen molar-refractivity contribution in [1.29, 1.82) is 0 Å². The van der Waals surface area contributed by atoms with Gasteiger partial charge in [-0.1, -0.05) is 42.3 Å². The van der Waals surface area contributed by atoms with Crippen LogP contribution in [-0.4, -0.2) is 67.0 Å². The lowest BCUT2D eigenvalue weighted by molar-refractivity contribution is 0.0915. The molecule has 1 aliphatic heterocycles. The van der Waals surface area contributed by atoms with Crippen molar-refractivity contribution < 1.29 is 19.1 Å². The van der Waals surface area contributed by atoms with E-state index in [1.807, 2.05) is 13.0 Å². The van der Waals surface area contributed by atoms with Crippen molar-refractivity contribution in [2.75, 3.05) is 39.6 Å². The van der Waals surface area contributed by atoms with Crippen LogP contribution in [0.3, 0.4) is 0 Å². The van der Waals surface area contributed by atoms with Crippen molar-refractivity contribution in [2.24, 2.45) is 0 Å². The number of piperidine rings is 1. The number of hydrogen-bond donors (Lipinski definition) is 3. The molecular weight excluding hydrogens is 555 g/mol. The summed E-state index contributed by atoms with van der Waals surface area (Å²) in [5, 5.41) is 9.16. The van der Waals surface area contributed by atoms with E-state index < -0.39 is 0 Å². The summed E-state index contributed by atoms with van der Waals surface area (Å²) in [7, 11) is 5.11. The molecule has 1 saturated heterocycles. The van der Waals surface area contributed by atoms with Gasteiger partial charge in [-0.25, -0.2) is 4.98 Å². The van der Waals surface area contributed by atoms with Gasteiger partial charge in [0.1, 0.15) is 16.5 Å². The van der Waals surface area contributed by atoms with Gasteiger partial charge in [-0.15, -0.1) is 0 Å². The predicted octanol–water partition coefficient (Wildman–Crippen LogP) is 5.07. The quantitative estimate of drug-likeness (QED) is 0.318. The molecule has 0 atom stereocenters. The highest BCUT2D eigenvalue weighted by atomic mass is 35.5. The van der Waals surface area contributed by atoms with Gasteiger partial charge in [-0.3, -0.25) is 9.59 Å². The lowest BCUT2D eigenvalue weighted by Gasteiger charge is -2.29. The fourth-order valence-electron chi connectivity index (χ4n) is 4.46. The van der Waals surface area contributed by atoms with Crippen molar-refractivity contribution in [3.8, 4) is 17.4 Å². The highest BCUT2D eigenvalue weighted by Crippen LogP contribution is 2.35. The molecule has 1 fully saturated rings. The van der Waals surface area contributed by atoms with E-state index in [4.69, 9.17) is 32.7 Å². The van der Waals surface area contributed by atoms with E-state index in [9.17, 15) is 9.59 Å². The molecule has 0 bridgehead atoms. The highest BCUT2D eigenvalue weighted by Gasteiger charge is 2.23. The minimum Gasteiger partial charge on any atom is -0.495 e. The van der Waals surface area contributed by atoms with Gasteiger partial charge in [0.2, 0.25) is 11.8 Å². The molecular formula is C28H32Cl2N6O4. The van der Waals surface area contributed by atoms with E-state index in [2.05, 4.69) is 37.9 Å². The van der Waals surface area contributed by atoms with Crippen LogP contribution in [-0.2, 0) is 6.42 Å². The number of ether oxygens (including phenoxy) is 2. The third-order valence-electron chi connectivity index (χ3n) is 6.70. The molecule has 0 spiro atoms. The molecule has 0 unspecified atom stereocenters. The molecule has 1 aliphatic rings. The third-order valence-corrected chi connectivity index (χ3v) is 7.27. The maximum Gasteiger partial charge on any atom is 0.255 e. The molecule has 0 radical (unpaired) electrons. The van der Waals surface area contributed by atoms with Crippen molar-refractivity contribution in [1.82, 2.24) is 25.5 Å². The van der Waals surface area contributed by atoms with Gasteiger partial charge in [0.15, 0.2) is 0 Å². The number of carbonyl (C=O) groups is 2. The van der Waals surface area contributed by atoms with Crippen molar-refractivity contribution in [3.63, 3.8) is 0 Å². The molecule has 40 heavy (non-hydrogen) atoms. The first kappa shape index (κ1) is 29.4. The van der Waals surface area contributed by atoms with Crippen LogP contribution in [0.4, 0.5) is 11.6 Å². The van der Waals surface area contributed by atoms with Gasteiger partial charge in [0, 0.05) is 13.1 Å². The average Bonchev–Trinajstić information content (AvgIpc) is 2.95. The minimum absolute atomic E-state index is 0.0526. The Hall–Kier alpha value is -3.60. The van der Waals surface area contributed by atoms with Crippen LogP contribution in [0.5, 0.6) is 17.4 Å². The van der Waals surface area contributed by atoms with Gasteiger partial charge in [-0.05, 0) is 63.2 Å². The summed E-state index contributed by atoms with van der Waals surface area (Å²) in [6, 6.07) is 8.58. The van der Waals surface area contributed by atoms with Gasteiger partial charge in [0.05, 0.1) is 35.1 Å². The molecule has 2 amide bonds. The van der Waals surface area contributed by atoms with E-state index in [0.29, 0.717) is 34.7 Å². The summed E-state index contributed by atoms with van der Waals surface area (Å²) in [5.74, 6) is 0.337. The molecule has 3 aromatic rings. The van der Waals surface area contributed by atoms with E-state index in [1.54, 1.807) is 31.3 Å². The van der Waals surface area contributed by atoms with Crippen LogP contribution in [0.1, 0.15) is 46.0 Å². The molecule has 2 heterocycles. The van der Waals surface area contributed by atoms with Crippen LogP contribution in [0.2, 0.25) is 10.0 Å². The number of anilines is 2. The summed E-state index contributed by atoms with van der Waals surface area (Å²) < 4.78 is 11.5. The number of likely N-dealkylation sites (tertiary alicyclic amines) is 1. The second-order valence-electron chi connectivity index (χ2n) is 9.38. The first-order chi connectivity index (χ1) is 19.2. The summed E-state index contributed by atoms with van der Waals surface area (Å²) in [6.45, 7) is 3.80. The molecule has 10 nitrogen and oxygen atoms in total. The Bertz CT molecular complexity index is 1400. The molecule has 2 aromatic carbocycles. The van der Waals surface area contributed by atoms with E-state index in [1.165, 1.54) is 13.3 Å². The fraction of sp³-hybridized carbons (Fsp3) is 0.357. The zero-order valence-electron chi connectivity index (χ0n) is 22.8. The van der Waals surface area contributed by atoms with Gasteiger partial charge < -0.3 is 30.3 Å². The number of nitrogens with one attached hydrogen (secondary N) is 3. The number of hydrogen-bond acceptors (Lipinski definition) is 8. The Morgan fingerprint density at radius 3 is 2.52 bits per heavy atom. The molecule has 3 N–H and O–H groups in total. The highest BCUT2D eigenvalue weighted by molar-refractivity contribution is 6.34. The number of rotatable bonds is 9. The molecule has 4 rings (SSSR count). The number of aryl methyl sites for hydroxylation is 1. The summed E-state index contributed by atoms with van der Waals surface area (Å²) in [4.78, 5) is 36.4. The predicted molar refractivity (Wildman–Crippen MR) is 156 cm³/mol. The van der Waals surface area contributed by atoms with Gasteiger partial charge in [0.25, 0.3) is 11.8 Å². The van der Waals surface area contributed by atoms with E-state index in [0.717, 1.165) is 31.5 Å². The second-order valence-corrected chi connectivity index (χ2v) is 10.2. The van der Waals surface area contributed by atoms with Crippen molar-refractivity contribution in [2.45, 2.75) is 32.2 Å². The average molecular weight is 588 g/mol. The minimum atomic E-state index is -0.282. The SMILES string of the molecule is CCc1cccc(Oc2nc(Nc3cc(Cl)c(C(=O)NC4CCN(C)CC4)cc3OC)ncc2Cl)c1C(=O)NC. The second kappa shape index (κ2) is 13.2. The number of methoxy groups -OCH3 is 1. The number of aromatic nitrogens is 2. The number of nitrogens with zero attached hydrogens (tertiary/aromatic N) is 3. The molecule has 0 aliphatic carbocycles. The standard InChI is InChI=1S/C28H32Cl2N6O4/c1-5-16-7-6-8-22(24(16)26(38)31-2)40-27-20(30)15-32-28(35-27)34-21-14-19(29)18(13-23(21)39-4)25(37)33-17-9-11-36(3)12-10-17/h6-8,13-15,17H,5,9-12H2,1-4H3,(H,31,38)(H,33,37)(H,32,34,35). The monoisotopic (exact) mass is 586 g/mol. The Labute approximate surface area is 243 Å². The number of amides is 2. The Balaban J connectivity index is 1.57. The molecule has 212 valence electrons. The zero-order chi connectivity index (χ0) is 28.8. The van der Waals surface area contributed by atoms with E-state index in [-0.39, 0.29) is 39.7 Å². The Morgan fingerprint density at radius 2 is 1.85 bits per heavy atom. The van der Waals surface area contributed by atoms with Crippen LogP contribution in [0.25, 0.3) is 0 Å². The zero-order valence-corrected chi connectivity index (χ0v) is 24.3. The lowest BCUT2D eigenvalue weighted by Crippen LogP contribution is -2.43. The maximum atomic E-state index is 13.0. The van der Waals surface area contributed by atoms with E-state index >= 15 is 0 Å². The van der Waals surface area contributed by atoms with Crippen molar-refractivity contribution in [3.05, 3.63) is 63.3 Å². The first-order valence-corrected chi connectivity index (χ1v) is 13.7.